The third-order valence-corrected chi connectivity index (χ3v) is 7.93. The van der Waals surface area contributed by atoms with Crippen molar-refractivity contribution < 1.29 is 29.2 Å². The fourth-order valence-electron chi connectivity index (χ4n) is 5.13. The van der Waals surface area contributed by atoms with Crippen LogP contribution in [0.15, 0.2) is 66.7 Å². The van der Waals surface area contributed by atoms with Crippen molar-refractivity contribution in [2.24, 2.45) is 5.92 Å². The molecule has 0 saturated carbocycles. The molecule has 0 aromatic heterocycles. The normalized spacial score (nSPS) is 17.2. The Morgan fingerprint density at radius 2 is 1.68 bits per heavy atom. The Bertz CT molecular complexity index is 1420. The number of hydrogen-bond donors (Lipinski definition) is 2. The maximum Gasteiger partial charge on any atom is 0.410 e. The van der Waals surface area contributed by atoms with Crippen molar-refractivity contribution in [3.05, 3.63) is 97.1 Å². The van der Waals surface area contributed by atoms with Crippen LogP contribution in [-0.2, 0) is 9.53 Å². The number of nitro benzene ring substituents is 1. The number of benzene rings is 3. The first-order valence-electron chi connectivity index (χ1n) is 12.6. The summed E-state index contributed by atoms with van der Waals surface area (Å²) in [6, 6.07) is 19.8. The number of rotatable bonds is 5. The number of halogens is 1. The average molecular weight is 657 g/mol. The molecule has 2 aliphatic rings. The molecule has 0 spiro atoms. The molecule has 1 aliphatic carbocycles. The number of hydrogen-bond acceptors (Lipinski definition) is 6. The molecule has 1 fully saturated rings. The monoisotopic (exact) mass is 657 g/mol. The number of aromatic carboxylic acids is 1. The van der Waals surface area contributed by atoms with Gasteiger partial charge in [0.15, 0.2) is 0 Å². The molecule has 40 heavy (non-hydrogen) atoms. The zero-order chi connectivity index (χ0) is 29.0. The van der Waals surface area contributed by atoms with Crippen molar-refractivity contribution in [2.75, 3.05) is 20.2 Å². The molecular weight excluding hydrogens is 629 g/mol. The Balaban J connectivity index is 0.000000240. The first kappa shape index (κ1) is 29.0. The molecule has 0 bridgehead atoms. The van der Waals surface area contributed by atoms with Crippen molar-refractivity contribution in [3.63, 3.8) is 0 Å². The SMILES string of the molecule is CNC(=O)C1C[C@H](C)CN1C(=O)OCC1c2ccccc2-c2ccccc21.O=C(O)c1ccc(I)c([N+](=O)[O-])c1. The second kappa shape index (κ2) is 12.5. The van der Waals surface area contributed by atoms with E-state index in [1.54, 1.807) is 34.5 Å². The Kier molecular flexibility index (Phi) is 9.03. The summed E-state index contributed by atoms with van der Waals surface area (Å²) >= 11 is 1.78. The number of likely N-dealkylation sites (tertiary alicyclic amines) is 1. The molecule has 1 unspecified atom stereocenters. The van der Waals surface area contributed by atoms with Crippen molar-refractivity contribution in [3.8, 4) is 11.1 Å². The van der Waals surface area contributed by atoms with E-state index in [1.165, 1.54) is 34.4 Å². The summed E-state index contributed by atoms with van der Waals surface area (Å²) in [5.74, 6) is -0.986. The highest BCUT2D eigenvalue weighted by molar-refractivity contribution is 14.1. The molecule has 2 atom stereocenters. The number of fused-ring (bicyclic) bond motifs is 3. The van der Waals surface area contributed by atoms with Gasteiger partial charge in [0.25, 0.3) is 5.69 Å². The third kappa shape index (κ3) is 6.09. The van der Waals surface area contributed by atoms with Crippen LogP contribution in [0.3, 0.4) is 0 Å². The van der Waals surface area contributed by atoms with Gasteiger partial charge in [-0.25, -0.2) is 9.59 Å². The Morgan fingerprint density at radius 1 is 1.07 bits per heavy atom. The van der Waals surface area contributed by atoms with Crippen molar-refractivity contribution >= 4 is 46.2 Å². The minimum absolute atomic E-state index is 0.0276. The van der Waals surface area contributed by atoms with E-state index < -0.39 is 23.0 Å². The van der Waals surface area contributed by atoms with Gasteiger partial charge in [0, 0.05) is 25.6 Å². The Morgan fingerprint density at radius 3 is 2.23 bits per heavy atom. The van der Waals surface area contributed by atoms with Crippen LogP contribution in [0.2, 0.25) is 0 Å². The molecule has 11 heteroatoms. The number of ether oxygens (including phenoxy) is 1. The lowest BCUT2D eigenvalue weighted by molar-refractivity contribution is -0.385. The quantitative estimate of drug-likeness (QED) is 0.216. The summed E-state index contributed by atoms with van der Waals surface area (Å²) in [6.45, 7) is 2.87. The number of nitrogens with zero attached hydrogens (tertiary/aromatic N) is 2. The highest BCUT2D eigenvalue weighted by atomic mass is 127. The smallest absolute Gasteiger partial charge is 0.410 e. The summed E-state index contributed by atoms with van der Waals surface area (Å²) in [5, 5.41) is 21.6. The molecule has 2 amide bonds. The van der Waals surface area contributed by atoms with Crippen LogP contribution >= 0.6 is 22.6 Å². The molecule has 5 rings (SSSR count). The number of carbonyl (C=O) groups excluding carboxylic acids is 2. The second-order valence-electron chi connectivity index (χ2n) is 9.66. The summed E-state index contributed by atoms with van der Waals surface area (Å²) in [5.41, 5.74) is 4.51. The van der Waals surface area contributed by atoms with Gasteiger partial charge in [-0.05, 0) is 69.3 Å². The molecule has 1 aliphatic heterocycles. The number of likely N-dealkylation sites (N-methyl/N-ethyl adjacent to an activating group) is 1. The number of carbonyl (C=O) groups is 3. The van der Waals surface area contributed by atoms with Crippen LogP contribution in [0.1, 0.15) is 40.7 Å². The molecule has 2 N–H and O–H groups in total. The van der Waals surface area contributed by atoms with Crippen LogP contribution in [0.5, 0.6) is 0 Å². The van der Waals surface area contributed by atoms with Gasteiger partial charge in [0.2, 0.25) is 5.91 Å². The molecule has 208 valence electrons. The van der Waals surface area contributed by atoms with E-state index in [1.807, 2.05) is 31.2 Å². The van der Waals surface area contributed by atoms with Gasteiger partial charge >= 0.3 is 12.1 Å². The van der Waals surface area contributed by atoms with Gasteiger partial charge < -0.3 is 15.2 Å². The average Bonchev–Trinajstić information content (AvgIpc) is 3.49. The van der Waals surface area contributed by atoms with Crippen molar-refractivity contribution in [2.45, 2.75) is 25.3 Å². The van der Waals surface area contributed by atoms with E-state index in [0.717, 1.165) is 6.07 Å². The highest BCUT2D eigenvalue weighted by Crippen LogP contribution is 2.44. The van der Waals surface area contributed by atoms with Crippen LogP contribution in [0.4, 0.5) is 10.5 Å². The van der Waals surface area contributed by atoms with Gasteiger partial charge in [-0.1, -0.05) is 55.5 Å². The van der Waals surface area contributed by atoms with Crippen molar-refractivity contribution in [1.29, 1.82) is 0 Å². The fourth-order valence-corrected chi connectivity index (χ4v) is 5.66. The number of amides is 2. The van der Waals surface area contributed by atoms with E-state index in [9.17, 15) is 24.5 Å². The van der Waals surface area contributed by atoms with Gasteiger partial charge in [0.05, 0.1) is 14.1 Å². The highest BCUT2D eigenvalue weighted by Gasteiger charge is 2.39. The standard InChI is InChI=1S/C22H24N2O3.C7H4INO4/c1-14-11-20(21(25)23-2)24(12-14)22(26)27-13-19-17-9-5-3-7-15(17)16-8-4-6-10-18(16)19;8-5-2-1-4(7(10)11)3-6(5)9(12)13/h3-10,14,19-20H,11-13H2,1-2H3,(H,23,25);1-3H,(H,10,11)/t14-,20?;/m0./s1. The number of nitro groups is 1. The Labute approximate surface area is 244 Å². The number of carboxylic acids is 1. The Hall–Kier alpha value is -4.00. The molecule has 10 nitrogen and oxygen atoms in total. The maximum absolute atomic E-state index is 12.7. The molecule has 1 heterocycles. The molecular formula is C29H28IN3O7. The third-order valence-electron chi connectivity index (χ3n) is 7.02. The lowest BCUT2D eigenvalue weighted by Crippen LogP contribution is -2.45. The van der Waals surface area contributed by atoms with Gasteiger partial charge in [-0.2, -0.15) is 0 Å². The molecule has 3 aromatic carbocycles. The van der Waals surface area contributed by atoms with Crippen LogP contribution < -0.4 is 5.32 Å². The molecule has 1 saturated heterocycles. The van der Waals surface area contributed by atoms with E-state index in [0.29, 0.717) is 16.5 Å². The van der Waals surface area contributed by atoms with Gasteiger partial charge in [-0.3, -0.25) is 19.8 Å². The lowest BCUT2D eigenvalue weighted by Gasteiger charge is -2.24. The van der Waals surface area contributed by atoms with E-state index in [-0.39, 0.29) is 35.6 Å². The molecule has 3 aromatic rings. The van der Waals surface area contributed by atoms with Crippen LogP contribution in [0, 0.1) is 19.6 Å². The summed E-state index contributed by atoms with van der Waals surface area (Å²) < 4.78 is 6.13. The first-order valence-corrected chi connectivity index (χ1v) is 13.7. The maximum atomic E-state index is 12.7. The lowest BCUT2D eigenvalue weighted by atomic mass is 9.98. The van der Waals surface area contributed by atoms with Gasteiger partial charge in [-0.15, -0.1) is 0 Å². The zero-order valence-corrected chi connectivity index (χ0v) is 24.0. The minimum atomic E-state index is -1.17. The number of carboxylic acid groups (broad SMARTS) is 1. The predicted octanol–water partition coefficient (Wildman–Crippen LogP) is 5.29. The second-order valence-corrected chi connectivity index (χ2v) is 10.8. The number of nitrogens with one attached hydrogen (secondary N) is 1. The van der Waals surface area contributed by atoms with E-state index in [4.69, 9.17) is 9.84 Å². The minimum Gasteiger partial charge on any atom is -0.478 e. The summed E-state index contributed by atoms with van der Waals surface area (Å²) in [6.07, 6.45) is 0.263. The van der Waals surface area contributed by atoms with E-state index >= 15 is 0 Å². The van der Waals surface area contributed by atoms with Crippen LogP contribution in [-0.4, -0.2) is 59.1 Å². The van der Waals surface area contributed by atoms with Gasteiger partial charge in [0.1, 0.15) is 12.6 Å². The summed E-state index contributed by atoms with van der Waals surface area (Å²) in [4.78, 5) is 46.7. The topological polar surface area (TPSA) is 139 Å². The fraction of sp³-hybridized carbons (Fsp3) is 0.276. The zero-order valence-electron chi connectivity index (χ0n) is 21.9. The van der Waals surface area contributed by atoms with Crippen LogP contribution in [0.25, 0.3) is 11.1 Å². The predicted molar refractivity (Wildman–Crippen MR) is 156 cm³/mol. The van der Waals surface area contributed by atoms with Crippen molar-refractivity contribution in [1.82, 2.24) is 10.2 Å². The molecule has 0 radical (unpaired) electrons. The summed E-state index contributed by atoms with van der Waals surface area (Å²) in [7, 11) is 1.60. The first-order chi connectivity index (χ1) is 19.1. The van der Waals surface area contributed by atoms with E-state index in [2.05, 4.69) is 29.6 Å². The largest absolute Gasteiger partial charge is 0.478 e.